The molecule has 1 aliphatic carbocycles. The number of carbonyl (C=O) groups excluding carboxylic acids is 1. The summed E-state index contributed by atoms with van der Waals surface area (Å²) in [5.74, 6) is -2.01. The molecule has 1 saturated carbocycles. The predicted molar refractivity (Wildman–Crippen MR) is 118 cm³/mol. The molecule has 1 saturated heterocycles. The summed E-state index contributed by atoms with van der Waals surface area (Å²) in [5.41, 5.74) is -0.636. The average Bonchev–Trinajstić information content (AvgIpc) is 3.59. The van der Waals surface area contributed by atoms with Gasteiger partial charge in [-0.15, -0.1) is 0 Å². The van der Waals surface area contributed by atoms with Gasteiger partial charge in [0.2, 0.25) is 15.9 Å². The van der Waals surface area contributed by atoms with Gasteiger partial charge in [-0.05, 0) is 50.3 Å². The molecular weight excluding hydrogens is 448 g/mol. The van der Waals surface area contributed by atoms with E-state index in [1.807, 2.05) is 6.07 Å². The second kappa shape index (κ2) is 8.84. The normalized spacial score (nSPS) is 23.5. The Kier molecular flexibility index (Phi) is 6.25. The molecule has 0 aromatic heterocycles. The minimum atomic E-state index is -3.79. The smallest absolute Gasteiger partial charge is 0.231 e. The molecule has 33 heavy (non-hydrogen) atoms. The van der Waals surface area contributed by atoms with E-state index in [1.165, 1.54) is 4.31 Å². The van der Waals surface area contributed by atoms with Crippen LogP contribution in [0.25, 0.3) is 0 Å². The van der Waals surface area contributed by atoms with Crippen molar-refractivity contribution in [1.29, 1.82) is 5.26 Å². The molecule has 2 aromatic carbocycles. The van der Waals surface area contributed by atoms with E-state index in [4.69, 9.17) is 5.26 Å². The lowest BCUT2D eigenvalue weighted by atomic mass is 9.93. The molecule has 0 spiro atoms. The van der Waals surface area contributed by atoms with Crippen molar-refractivity contribution >= 4 is 15.9 Å². The Morgan fingerprint density at radius 1 is 1.18 bits per heavy atom. The number of halogens is 2. The summed E-state index contributed by atoms with van der Waals surface area (Å²) in [6.45, 7) is 1.26. The molecule has 2 aliphatic rings. The molecule has 0 bridgehead atoms. The Labute approximate surface area is 192 Å². The first-order chi connectivity index (χ1) is 15.7. The fourth-order valence-electron chi connectivity index (χ4n) is 4.63. The first kappa shape index (κ1) is 23.3. The molecular formula is C24H25F2N3O3S. The van der Waals surface area contributed by atoms with Crippen molar-refractivity contribution in [3.8, 4) is 6.07 Å². The molecule has 2 atom stereocenters. The lowest BCUT2D eigenvalue weighted by Crippen LogP contribution is -2.45. The van der Waals surface area contributed by atoms with Crippen LogP contribution in [0.2, 0.25) is 0 Å². The van der Waals surface area contributed by atoms with Gasteiger partial charge in [0.15, 0.2) is 0 Å². The molecule has 174 valence electrons. The highest BCUT2D eigenvalue weighted by molar-refractivity contribution is 7.89. The van der Waals surface area contributed by atoms with E-state index in [2.05, 4.69) is 5.32 Å². The monoisotopic (exact) mass is 473 g/mol. The molecule has 9 heteroatoms. The van der Waals surface area contributed by atoms with Gasteiger partial charge in [0.05, 0.1) is 11.5 Å². The fraction of sp³-hybridized carbons (Fsp3) is 0.417. The summed E-state index contributed by atoms with van der Waals surface area (Å²) >= 11 is 0. The Bertz CT molecular complexity index is 1210. The number of nitrogens with zero attached hydrogens (tertiary/aromatic N) is 2. The molecule has 0 radical (unpaired) electrons. The van der Waals surface area contributed by atoms with Crippen molar-refractivity contribution in [2.24, 2.45) is 0 Å². The van der Waals surface area contributed by atoms with Gasteiger partial charge >= 0.3 is 0 Å². The van der Waals surface area contributed by atoms with Crippen LogP contribution in [0.5, 0.6) is 0 Å². The molecule has 2 fully saturated rings. The zero-order valence-corrected chi connectivity index (χ0v) is 19.0. The van der Waals surface area contributed by atoms with Crippen molar-refractivity contribution in [2.45, 2.75) is 55.9 Å². The second-order valence-electron chi connectivity index (χ2n) is 8.76. The van der Waals surface area contributed by atoms with E-state index in [9.17, 15) is 13.2 Å². The summed E-state index contributed by atoms with van der Waals surface area (Å²) in [6, 6.07) is 12.3. The third-order valence-corrected chi connectivity index (χ3v) is 9.06. The minimum Gasteiger partial charge on any atom is -0.342 e. The third-order valence-electron chi connectivity index (χ3n) is 6.69. The van der Waals surface area contributed by atoms with Crippen molar-refractivity contribution in [3.05, 3.63) is 70.8 Å². The number of nitriles is 1. The lowest BCUT2D eigenvalue weighted by Gasteiger charge is -2.37. The topological polar surface area (TPSA) is 90.3 Å². The van der Waals surface area contributed by atoms with Crippen LogP contribution in [-0.2, 0) is 26.8 Å². The Balaban J connectivity index is 1.62. The number of benzene rings is 2. The zero-order valence-electron chi connectivity index (χ0n) is 18.2. The van der Waals surface area contributed by atoms with Gasteiger partial charge in [-0.25, -0.2) is 17.2 Å². The van der Waals surface area contributed by atoms with E-state index < -0.39 is 38.2 Å². The van der Waals surface area contributed by atoms with Crippen LogP contribution in [-0.4, -0.2) is 31.2 Å². The van der Waals surface area contributed by atoms with Crippen LogP contribution in [0.15, 0.2) is 42.5 Å². The average molecular weight is 474 g/mol. The van der Waals surface area contributed by atoms with Crippen molar-refractivity contribution < 1.29 is 22.0 Å². The molecule has 2 aromatic rings. The van der Waals surface area contributed by atoms with Gasteiger partial charge in [0.25, 0.3) is 0 Å². The van der Waals surface area contributed by atoms with Crippen LogP contribution in [0.4, 0.5) is 8.78 Å². The van der Waals surface area contributed by atoms with E-state index in [0.717, 1.165) is 12.1 Å². The van der Waals surface area contributed by atoms with Crippen molar-refractivity contribution in [1.82, 2.24) is 9.62 Å². The summed E-state index contributed by atoms with van der Waals surface area (Å²) in [4.78, 5) is 12.4. The maximum Gasteiger partial charge on any atom is 0.231 e. The van der Waals surface area contributed by atoms with E-state index in [0.29, 0.717) is 31.2 Å². The summed E-state index contributed by atoms with van der Waals surface area (Å²) < 4.78 is 58.1. The van der Waals surface area contributed by atoms with Crippen LogP contribution < -0.4 is 5.32 Å². The Hall–Kier alpha value is -2.83. The van der Waals surface area contributed by atoms with Gasteiger partial charge in [0, 0.05) is 23.7 Å². The number of carbonyl (C=O) groups is 1. The molecule has 0 unspecified atom stereocenters. The number of amides is 1. The molecule has 1 N–H and O–H groups in total. The first-order valence-corrected chi connectivity index (χ1v) is 12.4. The lowest BCUT2D eigenvalue weighted by molar-refractivity contribution is -0.123. The molecule has 1 aliphatic heterocycles. The number of rotatable bonds is 6. The van der Waals surface area contributed by atoms with Gasteiger partial charge in [-0.1, -0.05) is 30.3 Å². The standard InChI is InChI=1S/C24H25F2N3O3S/c1-16-7-8-22(17-5-3-2-4-6-17)33(31,32)29(16)15-18-13-21(26)19(14-20(18)25)24(9-10-24)23(30)28-12-11-27/h2-6,13-14,16,22H,7-10,12,15H2,1H3,(H,28,30)/t16-,22+/m0/s1. The van der Waals surface area contributed by atoms with Crippen molar-refractivity contribution in [2.75, 3.05) is 6.54 Å². The van der Waals surface area contributed by atoms with Gasteiger partial charge in [0.1, 0.15) is 23.4 Å². The highest BCUT2D eigenvalue weighted by Gasteiger charge is 2.53. The SMILES string of the molecule is C[C@H]1CC[C@H](c2ccccc2)S(=O)(=O)N1Cc1cc(F)c(C2(C(=O)NCC#N)CC2)cc1F. The van der Waals surface area contributed by atoms with Crippen molar-refractivity contribution in [3.63, 3.8) is 0 Å². The van der Waals surface area contributed by atoms with Crippen LogP contribution >= 0.6 is 0 Å². The highest BCUT2D eigenvalue weighted by Crippen LogP contribution is 2.50. The van der Waals surface area contributed by atoms with E-state index >= 15 is 8.78 Å². The quantitative estimate of drug-likeness (QED) is 0.648. The fourth-order valence-corrected chi connectivity index (χ4v) is 6.82. The number of nitrogens with one attached hydrogen (secondary N) is 1. The number of hydrogen-bond acceptors (Lipinski definition) is 4. The predicted octanol–water partition coefficient (Wildman–Crippen LogP) is 3.69. The molecule has 1 amide bonds. The van der Waals surface area contributed by atoms with E-state index in [-0.39, 0.29) is 30.3 Å². The molecule has 4 rings (SSSR count). The van der Waals surface area contributed by atoms with Gasteiger partial charge in [-0.3, -0.25) is 4.79 Å². The largest absolute Gasteiger partial charge is 0.342 e. The number of sulfonamides is 1. The van der Waals surface area contributed by atoms with Crippen LogP contribution in [0.1, 0.15) is 54.5 Å². The van der Waals surface area contributed by atoms with Gasteiger partial charge in [-0.2, -0.15) is 9.57 Å². The summed E-state index contributed by atoms with van der Waals surface area (Å²) in [6.07, 6.45) is 1.77. The first-order valence-electron chi connectivity index (χ1n) is 10.9. The van der Waals surface area contributed by atoms with Crippen LogP contribution in [0.3, 0.4) is 0 Å². The maximum atomic E-state index is 15.1. The number of hydrogen-bond donors (Lipinski definition) is 1. The maximum absolute atomic E-state index is 15.1. The summed E-state index contributed by atoms with van der Waals surface area (Å²) in [5, 5.41) is 10.4. The minimum absolute atomic E-state index is 0.0594. The van der Waals surface area contributed by atoms with E-state index in [1.54, 1.807) is 37.3 Å². The summed E-state index contributed by atoms with van der Waals surface area (Å²) in [7, 11) is -3.79. The van der Waals surface area contributed by atoms with Crippen LogP contribution in [0, 0.1) is 23.0 Å². The highest BCUT2D eigenvalue weighted by atomic mass is 32.2. The molecule has 6 nitrogen and oxygen atoms in total. The third kappa shape index (κ3) is 4.25. The second-order valence-corrected chi connectivity index (χ2v) is 10.8. The van der Waals surface area contributed by atoms with Gasteiger partial charge < -0.3 is 5.32 Å². The Morgan fingerprint density at radius 3 is 2.52 bits per heavy atom. The zero-order chi connectivity index (χ0) is 23.8. The molecule has 1 heterocycles. The Morgan fingerprint density at radius 2 is 1.88 bits per heavy atom.